The number of thiophene rings is 1. The first-order valence-electron chi connectivity index (χ1n) is 8.74. The third-order valence-corrected chi connectivity index (χ3v) is 7.48. The fourth-order valence-electron chi connectivity index (χ4n) is 2.62. The van der Waals surface area contributed by atoms with Gasteiger partial charge in [-0.3, -0.25) is 4.79 Å². The Labute approximate surface area is 175 Å². The number of sulfonamides is 1. The first-order valence-corrected chi connectivity index (χ1v) is 11.5. The molecule has 3 aromatic rings. The molecule has 29 heavy (non-hydrogen) atoms. The highest BCUT2D eigenvalue weighted by molar-refractivity contribution is 7.91. The molecule has 0 aromatic carbocycles. The maximum absolute atomic E-state index is 12.5. The van der Waals surface area contributed by atoms with Gasteiger partial charge in [-0.25, -0.2) is 18.1 Å². The fraction of sp³-hybridized carbons (Fsp3) is 0.294. The lowest BCUT2D eigenvalue weighted by Gasteiger charge is -2.20. The molecule has 3 aromatic heterocycles. The van der Waals surface area contributed by atoms with Gasteiger partial charge in [0.15, 0.2) is 0 Å². The van der Waals surface area contributed by atoms with Crippen LogP contribution < -0.4 is 10.0 Å². The normalized spacial score (nSPS) is 14.5. The molecule has 1 saturated carbocycles. The van der Waals surface area contributed by atoms with Crippen LogP contribution in [0.15, 0.2) is 38.5 Å². The predicted octanol–water partition coefficient (Wildman–Crippen LogP) is 3.03. The van der Waals surface area contributed by atoms with E-state index < -0.39 is 22.5 Å². The van der Waals surface area contributed by atoms with Gasteiger partial charge < -0.3 is 9.84 Å². The largest absolute Gasteiger partial charge is 0.339 e. The average molecular weight is 454 g/mol. The van der Waals surface area contributed by atoms with Gasteiger partial charge in [0.05, 0.1) is 11.6 Å². The van der Waals surface area contributed by atoms with E-state index in [4.69, 9.17) is 16.1 Å². The lowest BCUT2D eigenvalue weighted by molar-refractivity contribution is -0.115. The Morgan fingerprint density at radius 1 is 1.34 bits per heavy atom. The molecule has 1 aliphatic rings. The third-order valence-electron chi connectivity index (χ3n) is 4.41. The highest BCUT2D eigenvalue weighted by Gasteiger charge is 2.26. The van der Waals surface area contributed by atoms with Crippen molar-refractivity contribution < 1.29 is 17.7 Å². The number of hydrogen-bond acceptors (Lipinski definition) is 8. The van der Waals surface area contributed by atoms with E-state index in [1.807, 2.05) is 0 Å². The SMILES string of the molecule is O=C(CNS(=O)(=O)c1cc(-c2noc(C3CCC3)n2)cs1)Nc1ccc(Cl)cn1. The molecule has 1 fully saturated rings. The molecule has 12 heteroatoms. The number of pyridine rings is 1. The van der Waals surface area contributed by atoms with Crippen molar-refractivity contribution in [3.05, 3.63) is 40.7 Å². The van der Waals surface area contributed by atoms with E-state index in [-0.39, 0.29) is 10.0 Å². The van der Waals surface area contributed by atoms with Crippen LogP contribution in [-0.4, -0.2) is 36.0 Å². The molecule has 0 radical (unpaired) electrons. The molecule has 1 amide bonds. The molecule has 1 aliphatic carbocycles. The average Bonchev–Trinajstić information content (AvgIpc) is 3.30. The zero-order chi connectivity index (χ0) is 20.4. The summed E-state index contributed by atoms with van der Waals surface area (Å²) < 4.78 is 32.5. The lowest BCUT2D eigenvalue weighted by Crippen LogP contribution is -2.32. The number of aromatic nitrogens is 3. The second-order valence-corrected chi connectivity index (χ2v) is 9.81. The molecule has 0 aliphatic heterocycles. The molecule has 2 N–H and O–H groups in total. The second-order valence-electron chi connectivity index (χ2n) is 6.47. The van der Waals surface area contributed by atoms with Crippen molar-refractivity contribution in [2.24, 2.45) is 0 Å². The van der Waals surface area contributed by atoms with Crippen LogP contribution >= 0.6 is 22.9 Å². The van der Waals surface area contributed by atoms with E-state index in [0.29, 0.717) is 28.2 Å². The van der Waals surface area contributed by atoms with E-state index >= 15 is 0 Å². The summed E-state index contributed by atoms with van der Waals surface area (Å²) in [5, 5.41) is 8.49. The Kier molecular flexibility index (Phi) is 5.63. The first kappa shape index (κ1) is 20.0. The fourth-order valence-corrected chi connectivity index (χ4v) is 4.91. The van der Waals surface area contributed by atoms with Crippen LogP contribution in [0.25, 0.3) is 11.4 Å². The molecule has 4 rings (SSSR count). The van der Waals surface area contributed by atoms with Crippen molar-refractivity contribution in [2.45, 2.75) is 29.4 Å². The third kappa shape index (κ3) is 4.64. The van der Waals surface area contributed by atoms with E-state index in [2.05, 4.69) is 25.2 Å². The van der Waals surface area contributed by atoms with Gasteiger partial charge in [-0.15, -0.1) is 11.3 Å². The van der Waals surface area contributed by atoms with Gasteiger partial charge in [-0.05, 0) is 31.0 Å². The van der Waals surface area contributed by atoms with Crippen LogP contribution in [0, 0.1) is 0 Å². The minimum absolute atomic E-state index is 0.0555. The minimum Gasteiger partial charge on any atom is -0.339 e. The molecular weight excluding hydrogens is 438 g/mol. The van der Waals surface area contributed by atoms with Crippen LogP contribution in [0.1, 0.15) is 31.1 Å². The summed E-state index contributed by atoms with van der Waals surface area (Å²) >= 11 is 6.74. The van der Waals surface area contributed by atoms with Crippen LogP contribution in [-0.2, 0) is 14.8 Å². The van der Waals surface area contributed by atoms with Crippen molar-refractivity contribution in [1.82, 2.24) is 19.8 Å². The van der Waals surface area contributed by atoms with Crippen molar-refractivity contribution in [1.29, 1.82) is 0 Å². The van der Waals surface area contributed by atoms with E-state index in [9.17, 15) is 13.2 Å². The van der Waals surface area contributed by atoms with Crippen LogP contribution in [0.2, 0.25) is 5.02 Å². The molecule has 152 valence electrons. The molecule has 0 spiro atoms. The number of halogens is 1. The Morgan fingerprint density at radius 3 is 2.86 bits per heavy atom. The topological polar surface area (TPSA) is 127 Å². The van der Waals surface area contributed by atoms with Gasteiger partial charge in [0.1, 0.15) is 10.0 Å². The first-order chi connectivity index (χ1) is 13.9. The summed E-state index contributed by atoms with van der Waals surface area (Å²) in [5.41, 5.74) is 0.555. The van der Waals surface area contributed by atoms with E-state index in [1.54, 1.807) is 11.4 Å². The number of amides is 1. The van der Waals surface area contributed by atoms with Crippen LogP contribution in [0.3, 0.4) is 0 Å². The van der Waals surface area contributed by atoms with E-state index in [0.717, 1.165) is 30.6 Å². The van der Waals surface area contributed by atoms with E-state index in [1.165, 1.54) is 18.3 Å². The summed E-state index contributed by atoms with van der Waals surface area (Å²) in [7, 11) is -3.86. The number of nitrogens with one attached hydrogen (secondary N) is 2. The van der Waals surface area contributed by atoms with Gasteiger partial charge in [0.2, 0.25) is 17.6 Å². The summed E-state index contributed by atoms with van der Waals surface area (Å²) in [6, 6.07) is 4.54. The molecular formula is C17H16ClN5O4S2. The number of carbonyl (C=O) groups excluding carboxylic acids is 1. The predicted molar refractivity (Wildman–Crippen MR) is 107 cm³/mol. The van der Waals surface area contributed by atoms with Crippen molar-refractivity contribution in [2.75, 3.05) is 11.9 Å². The minimum atomic E-state index is -3.86. The van der Waals surface area contributed by atoms with Crippen molar-refractivity contribution >= 4 is 44.7 Å². The number of rotatable bonds is 7. The Hall–Kier alpha value is -2.34. The second kappa shape index (κ2) is 8.19. The van der Waals surface area contributed by atoms with Crippen molar-refractivity contribution in [3.8, 4) is 11.4 Å². The quantitative estimate of drug-likeness (QED) is 0.562. The lowest BCUT2D eigenvalue weighted by atomic mass is 9.85. The van der Waals surface area contributed by atoms with Gasteiger partial charge >= 0.3 is 0 Å². The maximum atomic E-state index is 12.5. The summed E-state index contributed by atoms with van der Waals surface area (Å²) in [6.07, 6.45) is 4.59. The highest BCUT2D eigenvalue weighted by Crippen LogP contribution is 2.36. The van der Waals surface area contributed by atoms with Gasteiger partial charge in [0, 0.05) is 23.1 Å². The standard InChI is InChI=1S/C17H16ClN5O4S2/c18-12-4-5-13(19-7-12)21-14(24)8-20-29(25,26)15-6-11(9-28-15)16-22-17(27-23-16)10-2-1-3-10/h4-7,9-10,20H,1-3,8H2,(H,19,21,24). The number of anilines is 1. The van der Waals surface area contributed by atoms with Gasteiger partial charge in [-0.2, -0.15) is 4.98 Å². The molecule has 0 saturated heterocycles. The van der Waals surface area contributed by atoms with Gasteiger partial charge in [-0.1, -0.05) is 23.2 Å². The van der Waals surface area contributed by atoms with Gasteiger partial charge in [0.25, 0.3) is 10.0 Å². The zero-order valence-corrected chi connectivity index (χ0v) is 17.4. The summed E-state index contributed by atoms with van der Waals surface area (Å²) in [6.45, 7) is -0.437. The molecule has 3 heterocycles. The maximum Gasteiger partial charge on any atom is 0.250 e. The highest BCUT2D eigenvalue weighted by atomic mass is 35.5. The summed E-state index contributed by atoms with van der Waals surface area (Å²) in [4.78, 5) is 20.2. The smallest absolute Gasteiger partial charge is 0.250 e. The Balaban J connectivity index is 1.38. The molecule has 9 nitrogen and oxygen atoms in total. The van der Waals surface area contributed by atoms with Crippen molar-refractivity contribution in [3.63, 3.8) is 0 Å². The Morgan fingerprint density at radius 2 is 2.17 bits per heavy atom. The number of nitrogens with zero attached hydrogens (tertiary/aromatic N) is 3. The number of hydrogen-bond donors (Lipinski definition) is 2. The van der Waals surface area contributed by atoms with Crippen LogP contribution in [0.4, 0.5) is 5.82 Å². The summed E-state index contributed by atoms with van der Waals surface area (Å²) in [5.74, 6) is 0.969. The Bertz CT molecular complexity index is 1120. The zero-order valence-electron chi connectivity index (χ0n) is 15.0. The monoisotopic (exact) mass is 453 g/mol. The number of carbonyl (C=O) groups is 1. The molecule has 0 bridgehead atoms. The molecule has 0 unspecified atom stereocenters. The van der Waals surface area contributed by atoms with Crippen LogP contribution in [0.5, 0.6) is 0 Å². The molecule has 0 atom stereocenters.